The Kier molecular flexibility index (Phi) is 4.75. The van der Waals surface area contributed by atoms with Gasteiger partial charge in [0.05, 0.1) is 16.8 Å². The Morgan fingerprint density at radius 2 is 1.90 bits per heavy atom. The van der Waals surface area contributed by atoms with Crippen molar-refractivity contribution in [3.8, 4) is 11.3 Å². The van der Waals surface area contributed by atoms with Gasteiger partial charge in [-0.1, -0.05) is 59.9 Å². The number of carbonyl (C=O) groups excluding carboxylic acids is 1. The molecule has 0 radical (unpaired) electrons. The monoisotopic (exact) mass is 402 g/mol. The van der Waals surface area contributed by atoms with Crippen LogP contribution < -0.4 is 5.32 Å². The second-order valence-electron chi connectivity index (χ2n) is 6.84. The fraction of sp³-hybridized carbons (Fsp3) is 0.182. The lowest BCUT2D eigenvalue weighted by molar-refractivity contribution is 0.102. The van der Waals surface area contributed by atoms with Crippen molar-refractivity contribution >= 4 is 33.3 Å². The van der Waals surface area contributed by atoms with Crippen molar-refractivity contribution in [3.05, 3.63) is 71.2 Å². The molecule has 1 amide bonds. The van der Waals surface area contributed by atoms with E-state index in [2.05, 4.69) is 15.5 Å². The quantitative estimate of drug-likeness (QED) is 0.528. The summed E-state index contributed by atoms with van der Waals surface area (Å²) in [6.07, 6.45) is 1.96. The largest absolute Gasteiger partial charge is 0.371 e. The highest BCUT2D eigenvalue weighted by atomic mass is 32.1. The molecular formula is C22H18N4O2S. The Balaban J connectivity index is 1.49. The van der Waals surface area contributed by atoms with Gasteiger partial charge >= 0.3 is 0 Å². The number of benzene rings is 2. The van der Waals surface area contributed by atoms with Crippen LogP contribution >= 0.6 is 11.3 Å². The maximum Gasteiger partial charge on any atom is 0.258 e. The molecule has 4 aromatic rings. The number of hydrogen-bond acceptors (Lipinski definition) is 6. The van der Waals surface area contributed by atoms with Crippen molar-refractivity contribution in [2.24, 2.45) is 0 Å². The van der Waals surface area contributed by atoms with Crippen molar-refractivity contribution in [2.75, 3.05) is 11.9 Å². The van der Waals surface area contributed by atoms with Gasteiger partial charge < -0.3 is 4.74 Å². The zero-order chi connectivity index (χ0) is 19.6. The Morgan fingerprint density at radius 1 is 1.07 bits per heavy atom. The van der Waals surface area contributed by atoms with Crippen LogP contribution in [0.3, 0.4) is 0 Å². The molecule has 1 saturated heterocycles. The van der Waals surface area contributed by atoms with Crippen LogP contribution in [0.4, 0.5) is 5.13 Å². The summed E-state index contributed by atoms with van der Waals surface area (Å²) in [4.78, 5) is 17.8. The van der Waals surface area contributed by atoms with E-state index in [1.54, 1.807) is 0 Å². The third kappa shape index (κ3) is 3.62. The van der Waals surface area contributed by atoms with Crippen molar-refractivity contribution in [2.45, 2.75) is 18.9 Å². The summed E-state index contributed by atoms with van der Waals surface area (Å²) in [5.74, 6) is -0.226. The average Bonchev–Trinajstić information content (AvgIpc) is 3.45. The Labute approximate surface area is 171 Å². The van der Waals surface area contributed by atoms with E-state index in [0.717, 1.165) is 46.6 Å². The van der Waals surface area contributed by atoms with Gasteiger partial charge in [0.15, 0.2) is 0 Å². The first-order valence-corrected chi connectivity index (χ1v) is 10.3. The van der Waals surface area contributed by atoms with E-state index in [1.165, 1.54) is 11.3 Å². The summed E-state index contributed by atoms with van der Waals surface area (Å²) in [6, 6.07) is 19.3. The van der Waals surface area contributed by atoms with E-state index in [-0.39, 0.29) is 12.0 Å². The predicted octanol–water partition coefficient (Wildman–Crippen LogP) is 4.86. The number of rotatable bonds is 4. The van der Waals surface area contributed by atoms with Gasteiger partial charge in [-0.25, -0.2) is 4.98 Å². The number of hydrogen-bond donors (Lipinski definition) is 1. The Morgan fingerprint density at radius 3 is 2.72 bits per heavy atom. The van der Waals surface area contributed by atoms with Crippen LogP contribution in [0.25, 0.3) is 22.2 Å². The summed E-state index contributed by atoms with van der Waals surface area (Å²) in [5.41, 5.74) is 3.05. The SMILES string of the molecule is O=C(Nc1nnc(C2CCCO2)s1)c1cc(-c2ccccc2)nc2ccccc12. The fourth-order valence-electron chi connectivity index (χ4n) is 3.47. The first kappa shape index (κ1) is 17.9. The summed E-state index contributed by atoms with van der Waals surface area (Å²) in [5, 5.41) is 13.3. The molecule has 29 heavy (non-hydrogen) atoms. The standard InChI is InChI=1S/C22H18N4O2S/c27-20(24-22-26-25-21(29-22)19-11-6-12-28-19)16-13-18(14-7-2-1-3-8-14)23-17-10-5-4-9-15(16)17/h1-5,7-10,13,19H,6,11-12H2,(H,24,26,27). The number of nitrogens with one attached hydrogen (secondary N) is 1. The molecule has 1 atom stereocenters. The van der Waals surface area contributed by atoms with E-state index in [0.29, 0.717) is 10.7 Å². The van der Waals surface area contributed by atoms with E-state index in [1.807, 2.05) is 60.7 Å². The minimum Gasteiger partial charge on any atom is -0.371 e. The van der Waals surface area contributed by atoms with Crippen LogP contribution in [0.2, 0.25) is 0 Å². The van der Waals surface area contributed by atoms with Gasteiger partial charge in [0.1, 0.15) is 11.1 Å². The third-order valence-electron chi connectivity index (χ3n) is 4.90. The average molecular weight is 402 g/mol. The van der Waals surface area contributed by atoms with Crippen molar-refractivity contribution in [1.82, 2.24) is 15.2 Å². The number of anilines is 1. The van der Waals surface area contributed by atoms with Crippen LogP contribution in [0, 0.1) is 0 Å². The Bertz CT molecular complexity index is 1170. The first-order chi connectivity index (χ1) is 14.3. The third-order valence-corrected chi connectivity index (χ3v) is 5.83. The normalized spacial score (nSPS) is 16.2. The maximum absolute atomic E-state index is 13.1. The number of fused-ring (bicyclic) bond motifs is 1. The number of carbonyl (C=O) groups is 1. The molecule has 1 aliphatic rings. The molecule has 0 spiro atoms. The fourth-order valence-corrected chi connectivity index (χ4v) is 4.29. The zero-order valence-electron chi connectivity index (χ0n) is 15.5. The van der Waals surface area contributed by atoms with Crippen LogP contribution in [0.1, 0.15) is 34.3 Å². The Hall–Kier alpha value is -3.16. The van der Waals surface area contributed by atoms with Gasteiger partial charge in [-0.15, -0.1) is 10.2 Å². The molecule has 0 saturated carbocycles. The van der Waals surface area contributed by atoms with Gasteiger partial charge in [-0.05, 0) is 25.0 Å². The number of para-hydroxylation sites is 1. The molecule has 1 fully saturated rings. The zero-order valence-corrected chi connectivity index (χ0v) is 16.4. The van der Waals surface area contributed by atoms with E-state index >= 15 is 0 Å². The molecule has 7 heteroatoms. The lowest BCUT2D eigenvalue weighted by Gasteiger charge is -2.09. The van der Waals surface area contributed by atoms with Gasteiger partial charge in [0.25, 0.3) is 5.91 Å². The molecule has 1 N–H and O–H groups in total. The predicted molar refractivity (Wildman–Crippen MR) is 113 cm³/mol. The molecular weight excluding hydrogens is 384 g/mol. The number of nitrogens with zero attached hydrogens (tertiary/aromatic N) is 3. The molecule has 1 unspecified atom stereocenters. The molecule has 0 bridgehead atoms. The van der Waals surface area contributed by atoms with Crippen LogP contribution in [0.5, 0.6) is 0 Å². The molecule has 1 aliphatic heterocycles. The lowest BCUT2D eigenvalue weighted by Crippen LogP contribution is -2.13. The van der Waals surface area contributed by atoms with Gasteiger partial charge in [0, 0.05) is 17.6 Å². The van der Waals surface area contributed by atoms with Crippen molar-refractivity contribution in [1.29, 1.82) is 0 Å². The minimum atomic E-state index is -0.226. The summed E-state index contributed by atoms with van der Waals surface area (Å²) in [7, 11) is 0. The maximum atomic E-state index is 13.1. The molecule has 5 rings (SSSR count). The second kappa shape index (κ2) is 7.69. The highest BCUT2D eigenvalue weighted by Gasteiger charge is 2.23. The highest BCUT2D eigenvalue weighted by molar-refractivity contribution is 7.15. The smallest absolute Gasteiger partial charge is 0.258 e. The molecule has 2 aromatic heterocycles. The van der Waals surface area contributed by atoms with Crippen molar-refractivity contribution in [3.63, 3.8) is 0 Å². The van der Waals surface area contributed by atoms with Crippen molar-refractivity contribution < 1.29 is 9.53 Å². The molecule has 6 nitrogen and oxygen atoms in total. The van der Waals surface area contributed by atoms with E-state index in [4.69, 9.17) is 9.72 Å². The van der Waals surface area contributed by atoms with E-state index in [9.17, 15) is 4.79 Å². The number of pyridine rings is 1. The topological polar surface area (TPSA) is 77.0 Å². The van der Waals surface area contributed by atoms with Crippen LogP contribution in [0.15, 0.2) is 60.7 Å². The summed E-state index contributed by atoms with van der Waals surface area (Å²) >= 11 is 1.36. The molecule has 144 valence electrons. The second-order valence-corrected chi connectivity index (χ2v) is 7.85. The number of aromatic nitrogens is 3. The summed E-state index contributed by atoms with van der Waals surface area (Å²) in [6.45, 7) is 0.747. The minimum absolute atomic E-state index is 0.00964. The molecule has 0 aliphatic carbocycles. The van der Waals surface area contributed by atoms with Gasteiger partial charge in [-0.2, -0.15) is 0 Å². The number of ether oxygens (including phenoxy) is 1. The summed E-state index contributed by atoms with van der Waals surface area (Å²) < 4.78 is 5.65. The molecule has 2 aromatic carbocycles. The highest BCUT2D eigenvalue weighted by Crippen LogP contribution is 2.32. The van der Waals surface area contributed by atoms with Gasteiger partial charge in [0.2, 0.25) is 5.13 Å². The molecule has 3 heterocycles. The first-order valence-electron chi connectivity index (χ1n) is 9.49. The van der Waals surface area contributed by atoms with Gasteiger partial charge in [-0.3, -0.25) is 10.1 Å². The van der Waals surface area contributed by atoms with Crippen LogP contribution in [-0.4, -0.2) is 27.7 Å². The number of amides is 1. The lowest BCUT2D eigenvalue weighted by atomic mass is 10.0. The van der Waals surface area contributed by atoms with Crippen LogP contribution in [-0.2, 0) is 4.74 Å². The van der Waals surface area contributed by atoms with E-state index < -0.39 is 0 Å².